The van der Waals surface area contributed by atoms with E-state index in [4.69, 9.17) is 5.26 Å². The number of hydrogen-bond donors (Lipinski definition) is 0. The van der Waals surface area contributed by atoms with Crippen molar-refractivity contribution in [2.45, 2.75) is 37.5 Å². The molecule has 25 heavy (non-hydrogen) atoms. The molecule has 0 N–H and O–H groups in total. The monoisotopic (exact) mass is 363 g/mol. The minimum Gasteiger partial charge on any atom is -0.346 e. The van der Waals surface area contributed by atoms with Crippen molar-refractivity contribution in [1.29, 1.82) is 5.26 Å². The van der Waals surface area contributed by atoms with Gasteiger partial charge in [-0.1, -0.05) is 13.3 Å². The highest BCUT2D eigenvalue weighted by Crippen LogP contribution is 2.25. The van der Waals surface area contributed by atoms with Crippen LogP contribution in [-0.2, 0) is 14.8 Å². The Morgan fingerprint density at radius 3 is 2.40 bits per heavy atom. The fraction of sp³-hybridized carbons (Fsp3) is 0.556. The molecule has 1 aliphatic rings. The molecule has 0 aliphatic carbocycles. The molecule has 1 saturated heterocycles. The maximum absolute atomic E-state index is 12.7. The largest absolute Gasteiger partial charge is 0.346 e. The van der Waals surface area contributed by atoms with Crippen molar-refractivity contribution in [1.82, 2.24) is 9.21 Å². The molecule has 0 aromatic heterocycles. The minimum absolute atomic E-state index is 0.103. The first-order valence-corrected chi connectivity index (χ1v) is 10.1. The molecule has 0 saturated carbocycles. The molecular formula is C18H25N3O3S. The van der Waals surface area contributed by atoms with Gasteiger partial charge in [-0.15, -0.1) is 0 Å². The number of carbonyl (C=O) groups excluding carboxylic acids is 1. The maximum atomic E-state index is 12.7. The molecule has 1 aliphatic heterocycles. The second-order valence-corrected chi connectivity index (χ2v) is 8.37. The molecule has 0 unspecified atom stereocenters. The van der Waals surface area contributed by atoms with Crippen LogP contribution >= 0.6 is 0 Å². The van der Waals surface area contributed by atoms with Gasteiger partial charge >= 0.3 is 0 Å². The summed E-state index contributed by atoms with van der Waals surface area (Å²) >= 11 is 0. The number of sulfonamides is 1. The molecule has 136 valence electrons. The number of piperidine rings is 1. The van der Waals surface area contributed by atoms with Crippen LogP contribution in [0.1, 0.15) is 38.2 Å². The van der Waals surface area contributed by atoms with E-state index in [2.05, 4.69) is 6.92 Å². The summed E-state index contributed by atoms with van der Waals surface area (Å²) in [4.78, 5) is 14.4. The molecule has 7 heteroatoms. The molecule has 1 aromatic carbocycles. The average Bonchev–Trinajstić information content (AvgIpc) is 2.65. The Balaban J connectivity index is 1.98. The van der Waals surface area contributed by atoms with Crippen molar-refractivity contribution < 1.29 is 13.2 Å². The van der Waals surface area contributed by atoms with Gasteiger partial charge in [-0.05, 0) is 43.5 Å². The third-order valence-electron chi connectivity index (χ3n) is 4.65. The Morgan fingerprint density at radius 1 is 1.28 bits per heavy atom. The highest BCUT2D eigenvalue weighted by Gasteiger charge is 2.33. The fourth-order valence-electron chi connectivity index (χ4n) is 3.01. The van der Waals surface area contributed by atoms with Crippen LogP contribution in [0.3, 0.4) is 0 Å². The second kappa shape index (κ2) is 8.45. The van der Waals surface area contributed by atoms with Crippen LogP contribution in [-0.4, -0.2) is 50.2 Å². The Morgan fingerprint density at radius 2 is 1.88 bits per heavy atom. The summed E-state index contributed by atoms with van der Waals surface area (Å²) in [5.74, 6) is 0.0122. The minimum atomic E-state index is -3.57. The molecule has 0 spiro atoms. The Bertz CT molecular complexity index is 730. The van der Waals surface area contributed by atoms with Gasteiger partial charge in [0.05, 0.1) is 16.5 Å². The molecule has 1 heterocycles. The SMILES string of the molecule is CCCCN(C)C(=O)C1CCN(S(=O)(=O)c2ccc(C#N)cc2)CC1. The summed E-state index contributed by atoms with van der Waals surface area (Å²) in [6, 6.07) is 7.91. The molecule has 0 radical (unpaired) electrons. The van der Waals surface area contributed by atoms with Gasteiger partial charge in [-0.25, -0.2) is 8.42 Å². The van der Waals surface area contributed by atoms with Gasteiger partial charge in [0.25, 0.3) is 0 Å². The summed E-state index contributed by atoms with van der Waals surface area (Å²) in [5.41, 5.74) is 0.429. The summed E-state index contributed by atoms with van der Waals surface area (Å²) in [5, 5.41) is 8.81. The normalized spacial score (nSPS) is 16.4. The van der Waals surface area contributed by atoms with E-state index < -0.39 is 10.0 Å². The predicted molar refractivity (Wildman–Crippen MR) is 95.2 cm³/mol. The number of amides is 1. The van der Waals surface area contributed by atoms with Crippen molar-refractivity contribution in [3.8, 4) is 6.07 Å². The van der Waals surface area contributed by atoms with Crippen molar-refractivity contribution in [3.05, 3.63) is 29.8 Å². The molecule has 1 aromatic rings. The van der Waals surface area contributed by atoms with Gasteiger partial charge < -0.3 is 4.90 Å². The van der Waals surface area contributed by atoms with Crippen LogP contribution in [0.4, 0.5) is 0 Å². The lowest BCUT2D eigenvalue weighted by atomic mass is 9.96. The highest BCUT2D eigenvalue weighted by atomic mass is 32.2. The zero-order valence-electron chi connectivity index (χ0n) is 14.8. The van der Waals surface area contributed by atoms with Gasteiger partial charge in [0.15, 0.2) is 0 Å². The van der Waals surface area contributed by atoms with E-state index in [0.717, 1.165) is 19.4 Å². The van der Waals surface area contributed by atoms with Gasteiger partial charge in [-0.2, -0.15) is 9.57 Å². The van der Waals surface area contributed by atoms with Gasteiger partial charge in [-0.3, -0.25) is 4.79 Å². The van der Waals surface area contributed by atoms with Crippen molar-refractivity contribution >= 4 is 15.9 Å². The Labute approximate surface area is 150 Å². The predicted octanol–water partition coefficient (Wildman–Crippen LogP) is 2.22. The zero-order valence-corrected chi connectivity index (χ0v) is 15.6. The van der Waals surface area contributed by atoms with Crippen LogP contribution in [0.25, 0.3) is 0 Å². The van der Waals surface area contributed by atoms with Crippen LogP contribution in [0, 0.1) is 17.2 Å². The first kappa shape index (κ1) is 19.4. The summed E-state index contributed by atoms with van der Waals surface area (Å²) < 4.78 is 26.8. The van der Waals surface area contributed by atoms with Crippen molar-refractivity contribution in [2.75, 3.05) is 26.7 Å². The van der Waals surface area contributed by atoms with Crippen LogP contribution in [0.15, 0.2) is 29.2 Å². The van der Waals surface area contributed by atoms with Gasteiger partial charge in [0, 0.05) is 32.6 Å². The first-order valence-electron chi connectivity index (χ1n) is 8.65. The number of nitriles is 1. The molecule has 1 amide bonds. The average molecular weight is 363 g/mol. The number of unbranched alkanes of at least 4 members (excludes halogenated alkanes) is 1. The summed E-state index contributed by atoms with van der Waals surface area (Å²) in [6.07, 6.45) is 3.11. The molecule has 1 fully saturated rings. The van der Waals surface area contributed by atoms with E-state index in [1.807, 2.05) is 13.1 Å². The van der Waals surface area contributed by atoms with Crippen LogP contribution in [0.2, 0.25) is 0 Å². The highest BCUT2D eigenvalue weighted by molar-refractivity contribution is 7.89. The van der Waals surface area contributed by atoms with Crippen molar-refractivity contribution in [3.63, 3.8) is 0 Å². The van der Waals surface area contributed by atoms with E-state index >= 15 is 0 Å². The van der Waals surface area contributed by atoms with Crippen LogP contribution in [0.5, 0.6) is 0 Å². The molecule has 2 rings (SSSR count). The topological polar surface area (TPSA) is 81.5 Å². The second-order valence-electron chi connectivity index (χ2n) is 6.43. The smallest absolute Gasteiger partial charge is 0.243 e. The zero-order chi connectivity index (χ0) is 18.4. The fourth-order valence-corrected chi connectivity index (χ4v) is 4.48. The lowest BCUT2D eigenvalue weighted by Crippen LogP contribution is -2.43. The molecule has 0 atom stereocenters. The lowest BCUT2D eigenvalue weighted by molar-refractivity contribution is -0.135. The van der Waals surface area contributed by atoms with E-state index in [1.54, 1.807) is 4.90 Å². The third kappa shape index (κ3) is 4.59. The Kier molecular flexibility index (Phi) is 6.57. The number of carbonyl (C=O) groups is 1. The quantitative estimate of drug-likeness (QED) is 0.776. The maximum Gasteiger partial charge on any atom is 0.243 e. The van der Waals surface area contributed by atoms with E-state index in [1.165, 1.54) is 28.6 Å². The van der Waals surface area contributed by atoms with Gasteiger partial charge in [0.1, 0.15) is 0 Å². The summed E-state index contributed by atoms with van der Waals surface area (Å²) in [7, 11) is -1.75. The van der Waals surface area contributed by atoms with E-state index in [9.17, 15) is 13.2 Å². The standard InChI is InChI=1S/C18H25N3O3S/c1-3-4-11-20(2)18(22)16-9-12-21(13-10-16)25(23,24)17-7-5-15(14-19)6-8-17/h5-8,16H,3-4,9-13H2,1-2H3. The van der Waals surface area contributed by atoms with E-state index in [-0.39, 0.29) is 16.7 Å². The van der Waals surface area contributed by atoms with E-state index in [0.29, 0.717) is 31.5 Å². The summed E-state index contributed by atoms with van der Waals surface area (Å²) in [6.45, 7) is 3.53. The van der Waals surface area contributed by atoms with Crippen LogP contribution < -0.4 is 0 Å². The third-order valence-corrected chi connectivity index (χ3v) is 6.56. The molecule has 6 nitrogen and oxygen atoms in total. The number of rotatable bonds is 6. The number of hydrogen-bond acceptors (Lipinski definition) is 4. The van der Waals surface area contributed by atoms with Crippen molar-refractivity contribution in [2.24, 2.45) is 5.92 Å². The molecular weight excluding hydrogens is 338 g/mol. The van der Waals surface area contributed by atoms with Gasteiger partial charge in [0.2, 0.25) is 15.9 Å². The molecule has 0 bridgehead atoms. The lowest BCUT2D eigenvalue weighted by Gasteiger charge is -2.32. The Hall–Kier alpha value is -1.91. The first-order chi connectivity index (χ1) is 11.9. The number of benzene rings is 1. The number of nitrogens with zero attached hydrogens (tertiary/aromatic N) is 3.